The molecule has 28 heavy (non-hydrogen) atoms. The first-order valence-electron chi connectivity index (χ1n) is 9.00. The minimum atomic E-state index is -0.332. The monoisotopic (exact) mass is 377 g/mol. The van der Waals surface area contributed by atoms with Gasteiger partial charge in [-0.2, -0.15) is 0 Å². The van der Waals surface area contributed by atoms with Crippen molar-refractivity contribution >= 4 is 23.4 Å². The Hall–Kier alpha value is -3.55. The molecule has 8 heteroatoms. The molecule has 0 fully saturated rings. The SMILES string of the molecule is CN1C(=O)C2=C(C1=O)N(CC(=O)Nc1ccc(-c3cncnc3)cc1)CCC2. The Morgan fingerprint density at radius 3 is 2.50 bits per heavy atom. The standard InChI is InChI=1S/C20H19N5O3/c1-24-19(27)16-3-2-8-25(18(16)20(24)28)11-17(26)23-15-6-4-13(5-7-15)14-9-21-12-22-10-14/h4-7,9-10,12H,2-3,8,11H2,1H3,(H,23,26). The van der Waals surface area contributed by atoms with Gasteiger partial charge in [0.1, 0.15) is 12.0 Å². The van der Waals surface area contributed by atoms with Crippen LogP contribution >= 0.6 is 0 Å². The van der Waals surface area contributed by atoms with Gasteiger partial charge in [0.25, 0.3) is 11.8 Å². The Bertz CT molecular complexity index is 969. The van der Waals surface area contributed by atoms with Crippen molar-refractivity contribution in [2.24, 2.45) is 0 Å². The van der Waals surface area contributed by atoms with E-state index in [1.807, 2.05) is 12.1 Å². The zero-order valence-electron chi connectivity index (χ0n) is 15.4. The molecule has 3 heterocycles. The van der Waals surface area contributed by atoms with Gasteiger partial charge >= 0.3 is 0 Å². The summed E-state index contributed by atoms with van der Waals surface area (Å²) in [5, 5.41) is 2.84. The van der Waals surface area contributed by atoms with Gasteiger partial charge in [-0.05, 0) is 30.5 Å². The fraction of sp³-hybridized carbons (Fsp3) is 0.250. The molecule has 2 aromatic rings. The number of carbonyl (C=O) groups is 3. The number of hydrogen-bond donors (Lipinski definition) is 1. The highest BCUT2D eigenvalue weighted by molar-refractivity contribution is 6.19. The number of rotatable bonds is 4. The number of amides is 3. The molecule has 2 aliphatic rings. The molecule has 0 bridgehead atoms. The Labute approximate surface area is 161 Å². The van der Waals surface area contributed by atoms with Crippen molar-refractivity contribution in [3.63, 3.8) is 0 Å². The Morgan fingerprint density at radius 2 is 1.79 bits per heavy atom. The van der Waals surface area contributed by atoms with E-state index < -0.39 is 0 Å². The molecule has 142 valence electrons. The van der Waals surface area contributed by atoms with Gasteiger partial charge in [-0.3, -0.25) is 19.3 Å². The zero-order valence-corrected chi connectivity index (χ0v) is 15.4. The molecule has 1 aromatic heterocycles. The Morgan fingerprint density at radius 1 is 1.07 bits per heavy atom. The Balaban J connectivity index is 1.43. The topological polar surface area (TPSA) is 95.5 Å². The number of aromatic nitrogens is 2. The van der Waals surface area contributed by atoms with Crippen LogP contribution in [0.5, 0.6) is 0 Å². The van der Waals surface area contributed by atoms with E-state index in [0.717, 1.165) is 22.4 Å². The summed E-state index contributed by atoms with van der Waals surface area (Å²) in [5.41, 5.74) is 3.38. The molecule has 0 radical (unpaired) electrons. The highest BCUT2D eigenvalue weighted by Crippen LogP contribution is 2.30. The van der Waals surface area contributed by atoms with E-state index in [9.17, 15) is 14.4 Å². The van der Waals surface area contributed by atoms with Crippen molar-refractivity contribution in [3.05, 3.63) is 54.3 Å². The lowest BCUT2D eigenvalue weighted by atomic mass is 10.0. The molecule has 0 aliphatic carbocycles. The van der Waals surface area contributed by atoms with Crippen LogP contribution < -0.4 is 5.32 Å². The fourth-order valence-electron chi connectivity index (χ4n) is 3.52. The predicted molar refractivity (Wildman–Crippen MR) is 102 cm³/mol. The molecule has 0 atom stereocenters. The average molecular weight is 377 g/mol. The van der Waals surface area contributed by atoms with Crippen molar-refractivity contribution in [2.75, 3.05) is 25.5 Å². The van der Waals surface area contributed by atoms with Crippen molar-refractivity contribution in [1.29, 1.82) is 0 Å². The van der Waals surface area contributed by atoms with Gasteiger partial charge in [0.2, 0.25) is 5.91 Å². The summed E-state index contributed by atoms with van der Waals surface area (Å²) in [6.45, 7) is 0.603. The third-order valence-electron chi connectivity index (χ3n) is 4.92. The van der Waals surface area contributed by atoms with Crippen molar-refractivity contribution in [2.45, 2.75) is 12.8 Å². The minimum absolute atomic E-state index is 0.0277. The quantitative estimate of drug-likeness (QED) is 0.810. The van der Waals surface area contributed by atoms with Gasteiger partial charge in [0, 0.05) is 42.8 Å². The van der Waals surface area contributed by atoms with Crippen LogP contribution in [0.1, 0.15) is 12.8 Å². The molecule has 3 amide bonds. The van der Waals surface area contributed by atoms with E-state index >= 15 is 0 Å². The molecule has 1 aromatic carbocycles. The maximum Gasteiger partial charge on any atom is 0.277 e. The van der Waals surface area contributed by atoms with Gasteiger partial charge < -0.3 is 10.2 Å². The molecule has 0 unspecified atom stereocenters. The molecular weight excluding hydrogens is 358 g/mol. The number of likely N-dealkylation sites (N-methyl/N-ethyl adjacent to an activating group) is 1. The normalized spacial score (nSPS) is 16.5. The van der Waals surface area contributed by atoms with Crippen LogP contribution in [-0.2, 0) is 14.4 Å². The summed E-state index contributed by atoms with van der Waals surface area (Å²) in [5.74, 6) is -0.827. The average Bonchev–Trinajstić information content (AvgIpc) is 2.94. The Kier molecular flexibility index (Phi) is 4.60. The van der Waals surface area contributed by atoms with E-state index in [0.29, 0.717) is 29.9 Å². The molecular formula is C20H19N5O3. The van der Waals surface area contributed by atoms with E-state index in [-0.39, 0.29) is 24.3 Å². The van der Waals surface area contributed by atoms with Crippen LogP contribution in [-0.4, -0.2) is 57.6 Å². The van der Waals surface area contributed by atoms with Crippen molar-refractivity contribution < 1.29 is 14.4 Å². The number of nitrogens with one attached hydrogen (secondary N) is 1. The maximum atomic E-state index is 12.5. The van der Waals surface area contributed by atoms with Gasteiger partial charge in [0.05, 0.1) is 6.54 Å². The van der Waals surface area contributed by atoms with E-state index in [4.69, 9.17) is 0 Å². The summed E-state index contributed by atoms with van der Waals surface area (Å²) in [7, 11) is 1.47. The van der Waals surface area contributed by atoms with Crippen LogP contribution in [0.4, 0.5) is 5.69 Å². The van der Waals surface area contributed by atoms with E-state index in [1.165, 1.54) is 13.4 Å². The lowest BCUT2D eigenvalue weighted by molar-refractivity contribution is -0.136. The van der Waals surface area contributed by atoms with Gasteiger partial charge in [-0.15, -0.1) is 0 Å². The summed E-state index contributed by atoms with van der Waals surface area (Å²) in [6.07, 6.45) is 6.23. The third-order valence-corrected chi connectivity index (χ3v) is 4.92. The van der Waals surface area contributed by atoms with Crippen molar-refractivity contribution in [1.82, 2.24) is 19.8 Å². The highest BCUT2D eigenvalue weighted by atomic mass is 16.2. The molecule has 1 N–H and O–H groups in total. The molecule has 4 rings (SSSR count). The zero-order chi connectivity index (χ0) is 19.7. The first-order valence-corrected chi connectivity index (χ1v) is 9.00. The number of anilines is 1. The highest BCUT2D eigenvalue weighted by Gasteiger charge is 2.40. The smallest absolute Gasteiger partial charge is 0.277 e. The number of nitrogens with zero attached hydrogens (tertiary/aromatic N) is 4. The van der Waals surface area contributed by atoms with E-state index in [2.05, 4.69) is 15.3 Å². The van der Waals surface area contributed by atoms with Crippen LogP contribution in [0.15, 0.2) is 54.3 Å². The van der Waals surface area contributed by atoms with Gasteiger partial charge in [-0.1, -0.05) is 12.1 Å². The fourth-order valence-corrected chi connectivity index (χ4v) is 3.52. The third kappa shape index (κ3) is 3.24. The first-order chi connectivity index (χ1) is 13.5. The number of imide groups is 1. The summed E-state index contributed by atoms with van der Waals surface area (Å²) in [6, 6.07) is 7.37. The maximum absolute atomic E-state index is 12.5. The van der Waals surface area contributed by atoms with Crippen LogP contribution in [0.3, 0.4) is 0 Å². The summed E-state index contributed by atoms with van der Waals surface area (Å²) >= 11 is 0. The van der Waals surface area contributed by atoms with Gasteiger partial charge in [0.15, 0.2) is 0 Å². The van der Waals surface area contributed by atoms with Crippen LogP contribution in [0, 0.1) is 0 Å². The molecule has 0 spiro atoms. The second-order valence-electron chi connectivity index (χ2n) is 6.77. The summed E-state index contributed by atoms with van der Waals surface area (Å²) in [4.78, 5) is 47.8. The summed E-state index contributed by atoms with van der Waals surface area (Å²) < 4.78 is 0. The van der Waals surface area contributed by atoms with Crippen molar-refractivity contribution in [3.8, 4) is 11.1 Å². The van der Waals surface area contributed by atoms with E-state index in [1.54, 1.807) is 29.4 Å². The first kappa shape index (κ1) is 17.8. The second-order valence-corrected chi connectivity index (χ2v) is 6.77. The van der Waals surface area contributed by atoms with Gasteiger partial charge in [-0.25, -0.2) is 9.97 Å². The van der Waals surface area contributed by atoms with Crippen LogP contribution in [0.25, 0.3) is 11.1 Å². The molecule has 0 saturated heterocycles. The lowest BCUT2D eigenvalue weighted by Crippen LogP contribution is -2.38. The number of benzene rings is 1. The largest absolute Gasteiger partial charge is 0.357 e. The lowest BCUT2D eigenvalue weighted by Gasteiger charge is -2.28. The van der Waals surface area contributed by atoms with Crippen LogP contribution in [0.2, 0.25) is 0 Å². The second kappa shape index (κ2) is 7.22. The molecule has 0 saturated carbocycles. The number of carbonyl (C=O) groups excluding carboxylic acids is 3. The predicted octanol–water partition coefficient (Wildman–Crippen LogP) is 1.43. The minimum Gasteiger partial charge on any atom is -0.357 e. The molecule has 2 aliphatic heterocycles. The number of hydrogen-bond acceptors (Lipinski definition) is 6. The molecule has 8 nitrogen and oxygen atoms in total.